The van der Waals surface area contributed by atoms with Crippen LogP contribution in [0.4, 0.5) is 0 Å². The van der Waals surface area contributed by atoms with Crippen LogP contribution >= 0.6 is 0 Å². The molecule has 1 aromatic carbocycles. The van der Waals surface area contributed by atoms with Gasteiger partial charge >= 0.3 is 0 Å². The lowest BCUT2D eigenvalue weighted by atomic mass is 9.82. The molecule has 2 N–H and O–H groups in total. The number of fused-ring (bicyclic) bond motifs is 3. The average Bonchev–Trinajstić information content (AvgIpc) is 3.20. The molecule has 1 fully saturated rings. The number of carbonyl (C=O) groups excluding carboxylic acids is 1. The highest BCUT2D eigenvalue weighted by Gasteiger charge is 2.35. The number of amides is 1. The number of piperidine rings is 1. The van der Waals surface area contributed by atoms with Crippen LogP contribution in [0.25, 0.3) is 11.4 Å². The molecule has 37 heavy (non-hydrogen) atoms. The number of hydrogen-bond acceptors (Lipinski definition) is 6. The van der Waals surface area contributed by atoms with E-state index in [9.17, 15) is 4.79 Å². The van der Waals surface area contributed by atoms with Gasteiger partial charge in [0.2, 0.25) is 11.6 Å². The second-order valence-electron chi connectivity index (χ2n) is 10.2. The minimum absolute atomic E-state index is 0.121. The van der Waals surface area contributed by atoms with Crippen molar-refractivity contribution in [2.45, 2.75) is 52.1 Å². The highest BCUT2D eigenvalue weighted by molar-refractivity contribution is 6.05. The maximum absolute atomic E-state index is 11.8. The number of benzene rings is 1. The fourth-order valence-electron chi connectivity index (χ4n) is 5.72. The molecule has 3 aliphatic heterocycles. The van der Waals surface area contributed by atoms with E-state index >= 15 is 0 Å². The van der Waals surface area contributed by atoms with Crippen LogP contribution in [-0.4, -0.2) is 71.2 Å². The molecule has 1 aromatic heterocycles. The molecule has 3 aliphatic rings. The van der Waals surface area contributed by atoms with Crippen molar-refractivity contribution < 1.29 is 14.1 Å². The number of aliphatic imine (C=N–C) groups is 2. The Morgan fingerprint density at radius 1 is 1.35 bits per heavy atom. The van der Waals surface area contributed by atoms with Crippen molar-refractivity contribution in [2.75, 3.05) is 26.7 Å². The van der Waals surface area contributed by atoms with E-state index in [0.29, 0.717) is 6.61 Å². The molecule has 1 atom stereocenters. The topological polar surface area (TPSA) is 101 Å². The third-order valence-electron chi connectivity index (χ3n) is 7.64. The van der Waals surface area contributed by atoms with Crippen molar-refractivity contribution in [1.29, 1.82) is 5.41 Å². The van der Waals surface area contributed by atoms with E-state index in [1.807, 2.05) is 11.9 Å². The number of likely N-dealkylation sites (tertiary alicyclic amines) is 1. The Balaban J connectivity index is 1.43. The van der Waals surface area contributed by atoms with Gasteiger partial charge in [-0.15, -0.1) is 0 Å². The van der Waals surface area contributed by atoms with Gasteiger partial charge in [-0.05, 0) is 44.4 Å². The van der Waals surface area contributed by atoms with E-state index in [2.05, 4.69) is 69.3 Å². The first-order valence-corrected chi connectivity index (χ1v) is 13.0. The summed E-state index contributed by atoms with van der Waals surface area (Å²) in [4.78, 5) is 28.6. The Hall–Kier alpha value is -3.75. The Morgan fingerprint density at radius 3 is 2.73 bits per heavy atom. The zero-order chi connectivity index (χ0) is 26.3. The summed E-state index contributed by atoms with van der Waals surface area (Å²) in [6.07, 6.45) is 5.31. The molecule has 2 aromatic rings. The van der Waals surface area contributed by atoms with E-state index in [1.54, 1.807) is 6.92 Å². The minimum Gasteiger partial charge on any atom is -0.489 e. The van der Waals surface area contributed by atoms with Crippen molar-refractivity contribution in [3.8, 4) is 17.1 Å². The average molecular weight is 503 g/mol. The Kier molecular flexibility index (Phi) is 6.70. The monoisotopic (exact) mass is 502 g/mol. The van der Waals surface area contributed by atoms with Crippen molar-refractivity contribution in [3.63, 3.8) is 0 Å². The van der Waals surface area contributed by atoms with Crippen molar-refractivity contribution >= 4 is 23.7 Å². The van der Waals surface area contributed by atoms with Crippen LogP contribution in [-0.2, 0) is 11.3 Å². The minimum atomic E-state index is -0.225. The molecular weight excluding hydrogens is 466 g/mol. The van der Waals surface area contributed by atoms with Crippen LogP contribution in [0.5, 0.6) is 5.75 Å². The van der Waals surface area contributed by atoms with Crippen LogP contribution in [0.1, 0.15) is 50.8 Å². The molecule has 0 radical (unpaired) electrons. The molecule has 9 nitrogen and oxygen atoms in total. The van der Waals surface area contributed by atoms with Crippen molar-refractivity contribution in [1.82, 2.24) is 14.8 Å². The molecule has 0 saturated carbocycles. The lowest BCUT2D eigenvalue weighted by molar-refractivity contribution is -0.684. The van der Waals surface area contributed by atoms with Crippen LogP contribution in [0, 0.1) is 11.3 Å². The molecule has 0 aliphatic carbocycles. The number of rotatable bonds is 6. The predicted octanol–water partition coefficient (Wildman–Crippen LogP) is 3.37. The van der Waals surface area contributed by atoms with Gasteiger partial charge in [0.15, 0.2) is 5.84 Å². The zero-order valence-corrected chi connectivity index (χ0v) is 22.1. The molecule has 1 unspecified atom stereocenters. The lowest BCUT2D eigenvalue weighted by Crippen LogP contribution is -2.43. The first kappa shape index (κ1) is 24.9. The third kappa shape index (κ3) is 4.47. The Morgan fingerprint density at radius 2 is 2.11 bits per heavy atom. The summed E-state index contributed by atoms with van der Waals surface area (Å²) in [6.45, 7) is 12.6. The maximum Gasteiger partial charge on any atom is 0.291 e. The first-order valence-electron chi connectivity index (χ1n) is 13.0. The smallest absolute Gasteiger partial charge is 0.291 e. The van der Waals surface area contributed by atoms with Gasteiger partial charge in [-0.3, -0.25) is 9.79 Å². The summed E-state index contributed by atoms with van der Waals surface area (Å²) in [5.74, 6) is 3.61. The highest BCUT2D eigenvalue weighted by Crippen LogP contribution is 2.35. The van der Waals surface area contributed by atoms with Crippen LogP contribution < -0.4 is 9.30 Å². The van der Waals surface area contributed by atoms with Gasteiger partial charge in [0.1, 0.15) is 36.5 Å². The number of H-pyrrole nitrogens is 1. The number of aromatic amines is 1. The van der Waals surface area contributed by atoms with E-state index < -0.39 is 0 Å². The normalized spacial score (nSPS) is 18.9. The maximum atomic E-state index is 11.8. The SMILES string of the molecule is C=C1N=C(c2c[n+]3c([nH]2)-c2ccc(C(C=N)C(=NC)C4CCN(C(C)=O)CC4)cc2OCC3)N1C(C)C. The van der Waals surface area contributed by atoms with Gasteiger partial charge in [-0.2, -0.15) is 0 Å². The standard InChI is InChI=1S/C28H35N7O2/c1-17(2)35-18(3)31-28(35)24-16-34-12-13-37-25-14-21(6-7-22(25)27(34)32-24)23(15-29)26(30-5)20-8-10-33(11-9-20)19(4)36/h6-7,14-17,20,23,29H,3,8-13H2,1-2,4-5H3/p+1. The third-order valence-corrected chi connectivity index (χ3v) is 7.64. The Bertz CT molecular complexity index is 1300. The highest BCUT2D eigenvalue weighted by atomic mass is 16.5. The van der Waals surface area contributed by atoms with Gasteiger partial charge in [-0.25, -0.2) is 14.5 Å². The number of aromatic nitrogens is 2. The zero-order valence-electron chi connectivity index (χ0n) is 22.1. The number of nitrogens with one attached hydrogen (secondary N) is 2. The fraction of sp³-hybridized carbons (Fsp3) is 0.464. The van der Waals surface area contributed by atoms with Crippen LogP contribution in [0.3, 0.4) is 0 Å². The molecule has 4 heterocycles. The molecule has 0 bridgehead atoms. The second-order valence-corrected chi connectivity index (χ2v) is 10.2. The van der Waals surface area contributed by atoms with Crippen LogP contribution in [0.2, 0.25) is 0 Å². The Labute approximate surface area is 218 Å². The van der Waals surface area contributed by atoms with E-state index in [0.717, 1.165) is 78.2 Å². The second kappa shape index (κ2) is 9.95. The molecule has 1 saturated heterocycles. The summed E-state index contributed by atoms with van der Waals surface area (Å²) in [7, 11) is 1.81. The van der Waals surface area contributed by atoms with Crippen molar-refractivity contribution in [3.05, 3.63) is 48.1 Å². The largest absolute Gasteiger partial charge is 0.489 e. The van der Waals surface area contributed by atoms with E-state index in [1.165, 1.54) is 6.21 Å². The summed E-state index contributed by atoms with van der Waals surface area (Å²) in [6, 6.07) is 6.49. The van der Waals surface area contributed by atoms with Gasteiger partial charge < -0.3 is 19.9 Å². The number of imidazole rings is 1. The van der Waals surface area contributed by atoms with Crippen LogP contribution in [0.15, 0.2) is 46.8 Å². The quantitative estimate of drug-likeness (QED) is 0.468. The molecule has 1 amide bonds. The van der Waals surface area contributed by atoms with Crippen molar-refractivity contribution in [2.24, 2.45) is 15.9 Å². The lowest BCUT2D eigenvalue weighted by Gasteiger charge is -2.35. The van der Waals surface area contributed by atoms with Gasteiger partial charge in [0.25, 0.3) is 5.82 Å². The fourth-order valence-corrected chi connectivity index (χ4v) is 5.72. The number of ether oxygens (including phenoxy) is 1. The number of nitrogens with zero attached hydrogens (tertiary/aromatic N) is 5. The molecule has 194 valence electrons. The van der Waals surface area contributed by atoms with E-state index in [-0.39, 0.29) is 23.8 Å². The summed E-state index contributed by atoms with van der Waals surface area (Å²) in [5.41, 5.74) is 3.94. The summed E-state index contributed by atoms with van der Waals surface area (Å²) in [5, 5.41) is 8.26. The molecule has 0 spiro atoms. The molecule has 5 rings (SSSR count). The number of amidine groups is 1. The predicted molar refractivity (Wildman–Crippen MR) is 144 cm³/mol. The summed E-state index contributed by atoms with van der Waals surface area (Å²) >= 11 is 0. The van der Waals surface area contributed by atoms with Gasteiger partial charge in [0, 0.05) is 50.9 Å². The van der Waals surface area contributed by atoms with Gasteiger partial charge in [0.05, 0.1) is 5.92 Å². The first-order chi connectivity index (χ1) is 17.8. The number of hydrogen-bond donors (Lipinski definition) is 2. The molecule has 9 heteroatoms. The van der Waals surface area contributed by atoms with E-state index in [4.69, 9.17) is 10.1 Å². The summed E-state index contributed by atoms with van der Waals surface area (Å²) < 4.78 is 8.37. The van der Waals surface area contributed by atoms with Gasteiger partial charge in [-0.1, -0.05) is 12.6 Å². The molecular formula is C28H36N7O2+. The number of carbonyl (C=O) groups is 1.